The predicted octanol–water partition coefficient (Wildman–Crippen LogP) is 5.64. The number of amides is 1. The largest absolute Gasteiger partial charge is 0.495 e. The number of carbonyl (C=O) groups excluding carboxylic acids is 1. The number of nitrogens with one attached hydrogen (secondary N) is 1. The van der Waals surface area contributed by atoms with Gasteiger partial charge < -0.3 is 14.8 Å². The van der Waals surface area contributed by atoms with Gasteiger partial charge in [0, 0.05) is 5.02 Å². The quantitative estimate of drug-likeness (QED) is 0.380. The Morgan fingerprint density at radius 3 is 2.33 bits per heavy atom. The minimum Gasteiger partial charge on any atom is -0.495 e. The van der Waals surface area contributed by atoms with E-state index in [1.54, 1.807) is 30.3 Å². The highest BCUT2D eigenvalue weighted by molar-refractivity contribution is 6.31. The van der Waals surface area contributed by atoms with Gasteiger partial charge in [-0.3, -0.25) is 4.79 Å². The molecule has 1 heterocycles. The summed E-state index contributed by atoms with van der Waals surface area (Å²) in [5, 5.41) is 7.47. The van der Waals surface area contributed by atoms with Gasteiger partial charge in [-0.25, -0.2) is 13.5 Å². The molecule has 1 amide bonds. The van der Waals surface area contributed by atoms with Crippen LogP contribution in [-0.2, 0) is 6.61 Å². The molecule has 0 saturated heterocycles. The number of hydrogen-bond donors (Lipinski definition) is 1. The Bertz CT molecular complexity index is 1280. The zero-order valence-corrected chi connectivity index (χ0v) is 18.1. The molecule has 0 fully saturated rings. The van der Waals surface area contributed by atoms with Crippen molar-refractivity contribution in [1.29, 1.82) is 0 Å². The van der Waals surface area contributed by atoms with Gasteiger partial charge in [0.05, 0.1) is 24.7 Å². The highest BCUT2D eigenvalue weighted by Gasteiger charge is 2.21. The van der Waals surface area contributed by atoms with Gasteiger partial charge in [0.15, 0.2) is 11.4 Å². The Morgan fingerprint density at radius 1 is 1.00 bits per heavy atom. The average molecular weight is 470 g/mol. The van der Waals surface area contributed by atoms with Gasteiger partial charge in [-0.2, -0.15) is 5.10 Å². The predicted molar refractivity (Wildman–Crippen MR) is 120 cm³/mol. The first-order valence-corrected chi connectivity index (χ1v) is 10.2. The Balaban J connectivity index is 1.65. The van der Waals surface area contributed by atoms with Crippen molar-refractivity contribution >= 4 is 23.2 Å². The lowest BCUT2D eigenvalue weighted by molar-refractivity contribution is 0.101. The Morgan fingerprint density at radius 2 is 1.67 bits per heavy atom. The maximum absolute atomic E-state index is 13.3. The molecule has 0 saturated carbocycles. The van der Waals surface area contributed by atoms with Crippen LogP contribution in [-0.4, -0.2) is 22.8 Å². The van der Waals surface area contributed by atoms with Crippen molar-refractivity contribution in [2.24, 2.45) is 0 Å². The molecule has 1 N–H and O–H groups in total. The van der Waals surface area contributed by atoms with Crippen molar-refractivity contribution in [1.82, 2.24) is 9.78 Å². The van der Waals surface area contributed by atoms with Crippen LogP contribution in [0.3, 0.4) is 0 Å². The van der Waals surface area contributed by atoms with Crippen LogP contribution in [0, 0.1) is 11.6 Å². The van der Waals surface area contributed by atoms with E-state index in [1.165, 1.54) is 54.4 Å². The second-order valence-electron chi connectivity index (χ2n) is 6.98. The maximum Gasteiger partial charge on any atom is 0.280 e. The highest BCUT2D eigenvalue weighted by Crippen LogP contribution is 2.29. The third kappa shape index (κ3) is 5.30. The molecule has 0 aliphatic rings. The summed E-state index contributed by atoms with van der Waals surface area (Å²) in [6, 6.07) is 16.2. The fourth-order valence-corrected chi connectivity index (χ4v) is 3.22. The highest BCUT2D eigenvalue weighted by atomic mass is 35.5. The van der Waals surface area contributed by atoms with Crippen molar-refractivity contribution in [3.63, 3.8) is 0 Å². The number of aromatic nitrogens is 2. The molecule has 0 aliphatic carbocycles. The number of anilines is 1. The summed E-state index contributed by atoms with van der Waals surface area (Å²) in [5.74, 6) is -0.727. The fourth-order valence-electron chi connectivity index (χ4n) is 3.05. The smallest absolute Gasteiger partial charge is 0.280 e. The van der Waals surface area contributed by atoms with Gasteiger partial charge in [0.2, 0.25) is 0 Å². The topological polar surface area (TPSA) is 65.4 Å². The summed E-state index contributed by atoms with van der Waals surface area (Å²) in [4.78, 5) is 13.1. The molecule has 4 aromatic rings. The van der Waals surface area contributed by atoms with E-state index in [0.29, 0.717) is 27.7 Å². The first-order valence-electron chi connectivity index (χ1n) is 9.80. The molecule has 4 rings (SSSR count). The molecule has 0 atom stereocenters. The van der Waals surface area contributed by atoms with Crippen molar-refractivity contribution < 1.29 is 23.0 Å². The second-order valence-corrected chi connectivity index (χ2v) is 7.41. The Kier molecular flexibility index (Phi) is 6.55. The summed E-state index contributed by atoms with van der Waals surface area (Å²) in [7, 11) is 1.47. The summed E-state index contributed by atoms with van der Waals surface area (Å²) in [5.41, 5.74) is 1.58. The summed E-state index contributed by atoms with van der Waals surface area (Å²) >= 11 is 6.05. The van der Waals surface area contributed by atoms with Crippen LogP contribution in [0.1, 0.15) is 16.1 Å². The third-order valence-electron chi connectivity index (χ3n) is 4.70. The molecule has 1 aromatic heterocycles. The van der Waals surface area contributed by atoms with Gasteiger partial charge in [0.25, 0.3) is 5.91 Å². The van der Waals surface area contributed by atoms with Crippen LogP contribution in [0.5, 0.6) is 11.5 Å². The molecule has 3 aromatic carbocycles. The van der Waals surface area contributed by atoms with Gasteiger partial charge in [-0.15, -0.1) is 0 Å². The van der Waals surface area contributed by atoms with Crippen molar-refractivity contribution in [2.45, 2.75) is 6.61 Å². The Hall–Kier alpha value is -3.91. The fraction of sp³-hybridized carbons (Fsp3) is 0.0833. The number of benzene rings is 3. The third-order valence-corrected chi connectivity index (χ3v) is 4.94. The maximum atomic E-state index is 13.3. The SMILES string of the molecule is COc1ccc(Cl)cc1NC(=O)c1nn(-c2ccc(F)cc2)cc1OCc1ccc(F)cc1. The molecular formula is C24H18ClF2N3O3. The molecule has 0 aliphatic heterocycles. The summed E-state index contributed by atoms with van der Waals surface area (Å²) in [6.45, 7) is 0.0795. The van der Waals surface area contributed by atoms with E-state index >= 15 is 0 Å². The van der Waals surface area contributed by atoms with Crippen LogP contribution in [0.15, 0.2) is 72.9 Å². The van der Waals surface area contributed by atoms with Crippen LogP contribution in [0.25, 0.3) is 5.69 Å². The van der Waals surface area contributed by atoms with Gasteiger partial charge in [-0.1, -0.05) is 23.7 Å². The molecule has 6 nitrogen and oxygen atoms in total. The summed E-state index contributed by atoms with van der Waals surface area (Å²) in [6.07, 6.45) is 1.51. The second kappa shape index (κ2) is 9.70. The van der Waals surface area contributed by atoms with Gasteiger partial charge in [0.1, 0.15) is 24.0 Å². The van der Waals surface area contributed by atoms with Crippen LogP contribution in [0.2, 0.25) is 5.02 Å². The zero-order valence-electron chi connectivity index (χ0n) is 17.4. The van der Waals surface area contributed by atoms with Gasteiger partial charge >= 0.3 is 0 Å². The van der Waals surface area contributed by atoms with E-state index in [-0.39, 0.29) is 23.9 Å². The lowest BCUT2D eigenvalue weighted by Gasteiger charge is -2.10. The zero-order chi connectivity index (χ0) is 23.4. The minimum absolute atomic E-state index is 0.0107. The first kappa shape index (κ1) is 22.3. The van der Waals surface area contributed by atoms with E-state index in [9.17, 15) is 13.6 Å². The molecule has 0 radical (unpaired) electrons. The summed E-state index contributed by atoms with van der Waals surface area (Å²) < 4.78 is 39.0. The lowest BCUT2D eigenvalue weighted by atomic mass is 10.2. The van der Waals surface area contributed by atoms with E-state index < -0.39 is 11.7 Å². The molecule has 0 unspecified atom stereocenters. The molecule has 168 valence electrons. The van der Waals surface area contributed by atoms with Crippen LogP contribution in [0.4, 0.5) is 14.5 Å². The number of methoxy groups -OCH3 is 1. The Labute approximate surface area is 193 Å². The number of halogens is 3. The minimum atomic E-state index is -0.564. The molecular weight excluding hydrogens is 452 g/mol. The number of rotatable bonds is 7. The van der Waals surface area contributed by atoms with Crippen LogP contribution < -0.4 is 14.8 Å². The van der Waals surface area contributed by atoms with Crippen molar-refractivity contribution in [2.75, 3.05) is 12.4 Å². The normalized spacial score (nSPS) is 10.7. The molecule has 0 bridgehead atoms. The van der Waals surface area contributed by atoms with Crippen LogP contribution >= 0.6 is 11.6 Å². The van der Waals surface area contributed by atoms with E-state index in [1.807, 2.05) is 0 Å². The number of carbonyl (C=O) groups is 1. The first-order chi connectivity index (χ1) is 15.9. The number of hydrogen-bond acceptors (Lipinski definition) is 4. The monoisotopic (exact) mass is 469 g/mol. The number of nitrogens with zero attached hydrogens (tertiary/aromatic N) is 2. The van der Waals surface area contributed by atoms with E-state index in [0.717, 1.165) is 0 Å². The molecule has 0 spiro atoms. The van der Waals surface area contributed by atoms with Crippen molar-refractivity contribution in [3.05, 3.63) is 101 Å². The van der Waals surface area contributed by atoms with Crippen molar-refractivity contribution in [3.8, 4) is 17.2 Å². The van der Waals surface area contributed by atoms with E-state index in [4.69, 9.17) is 21.1 Å². The molecule has 9 heteroatoms. The van der Waals surface area contributed by atoms with E-state index in [2.05, 4.69) is 10.4 Å². The average Bonchev–Trinajstić information content (AvgIpc) is 3.24. The standard InChI is InChI=1S/C24H18ClF2N3O3/c1-32-21-11-4-16(25)12-20(21)28-24(31)23-22(33-14-15-2-5-17(26)6-3-15)13-30(29-23)19-9-7-18(27)8-10-19/h2-13H,14H2,1H3,(H,28,31). The lowest BCUT2D eigenvalue weighted by Crippen LogP contribution is -2.15. The molecule has 33 heavy (non-hydrogen) atoms. The number of ether oxygens (including phenoxy) is 2. The van der Waals surface area contributed by atoms with Gasteiger partial charge in [-0.05, 0) is 60.2 Å².